The number of carboxylic acids is 1. The van der Waals surface area contributed by atoms with Gasteiger partial charge in [0.2, 0.25) is 0 Å². The Labute approximate surface area is 163 Å². The first-order chi connectivity index (χ1) is 14.0. The predicted molar refractivity (Wildman–Crippen MR) is 102 cm³/mol. The summed E-state index contributed by atoms with van der Waals surface area (Å²) < 4.78 is 36.0. The second-order valence-electron chi connectivity index (χ2n) is 6.87. The molecule has 0 amide bonds. The van der Waals surface area contributed by atoms with Crippen molar-refractivity contribution in [1.82, 2.24) is 4.57 Å². The Morgan fingerprint density at radius 3 is 2.62 bits per heavy atom. The Balaban J connectivity index is 1.81. The monoisotopic (exact) mass is 393 g/mol. The van der Waals surface area contributed by atoms with Gasteiger partial charge >= 0.3 is 5.97 Å². The van der Waals surface area contributed by atoms with Crippen LogP contribution in [0.4, 0.5) is 8.78 Å². The van der Waals surface area contributed by atoms with E-state index in [4.69, 9.17) is 4.74 Å². The molecular weight excluding hydrogens is 380 g/mol. The Bertz CT molecular complexity index is 1280. The molecule has 0 spiro atoms. The van der Waals surface area contributed by atoms with Crippen molar-refractivity contribution in [3.05, 3.63) is 87.6 Å². The number of aromatic nitrogens is 1. The number of halogens is 2. The van der Waals surface area contributed by atoms with Crippen LogP contribution in [0.5, 0.6) is 5.75 Å². The SMILES string of the molecule is O=C(O)c1cn2c3c(c1=O)CC(F)C(F)=C3Oc1cc(-c3ccccc3)ccc1-2. The van der Waals surface area contributed by atoms with Crippen molar-refractivity contribution in [2.45, 2.75) is 12.6 Å². The van der Waals surface area contributed by atoms with Crippen LogP contribution in [0, 0.1) is 0 Å². The maximum absolute atomic E-state index is 14.6. The summed E-state index contributed by atoms with van der Waals surface area (Å²) in [4.78, 5) is 24.1. The maximum atomic E-state index is 14.6. The molecule has 5 nitrogen and oxygen atoms in total. The summed E-state index contributed by atoms with van der Waals surface area (Å²) in [5.74, 6) is -2.68. The van der Waals surface area contributed by atoms with Crippen molar-refractivity contribution in [1.29, 1.82) is 0 Å². The number of carbonyl (C=O) groups is 1. The first-order valence-electron chi connectivity index (χ1n) is 8.89. The lowest BCUT2D eigenvalue weighted by atomic mass is 9.94. The van der Waals surface area contributed by atoms with E-state index in [1.54, 1.807) is 12.1 Å². The molecule has 5 rings (SSSR count). The van der Waals surface area contributed by atoms with Gasteiger partial charge in [-0.3, -0.25) is 4.79 Å². The predicted octanol–water partition coefficient (Wildman–Crippen LogP) is 4.13. The van der Waals surface area contributed by atoms with Gasteiger partial charge in [0.25, 0.3) is 0 Å². The third-order valence-corrected chi connectivity index (χ3v) is 5.16. The van der Waals surface area contributed by atoms with Gasteiger partial charge in [-0.15, -0.1) is 0 Å². The molecule has 2 aliphatic rings. The third-order valence-electron chi connectivity index (χ3n) is 5.16. The smallest absolute Gasteiger partial charge is 0.341 e. The Morgan fingerprint density at radius 1 is 1.14 bits per heavy atom. The van der Waals surface area contributed by atoms with Crippen LogP contribution >= 0.6 is 0 Å². The minimum absolute atomic E-state index is 0.0614. The molecule has 144 valence electrons. The molecule has 0 saturated carbocycles. The average Bonchev–Trinajstić information content (AvgIpc) is 2.73. The molecule has 0 fully saturated rings. The van der Waals surface area contributed by atoms with Crippen LogP contribution in [0.1, 0.15) is 21.6 Å². The van der Waals surface area contributed by atoms with E-state index in [2.05, 4.69) is 0 Å². The molecule has 1 aromatic heterocycles. The number of allylic oxidation sites excluding steroid dienone is 1. The number of benzene rings is 2. The quantitative estimate of drug-likeness (QED) is 0.711. The second kappa shape index (κ2) is 6.13. The summed E-state index contributed by atoms with van der Waals surface area (Å²) in [6.07, 6.45) is -1.47. The van der Waals surface area contributed by atoms with E-state index in [1.807, 2.05) is 36.4 Å². The molecule has 0 bridgehead atoms. The molecule has 0 saturated heterocycles. The Morgan fingerprint density at radius 2 is 1.90 bits per heavy atom. The standard InChI is InChI=1S/C22H13F2NO4/c23-15-9-13-19-21(18(15)24)29-17-8-12(11-4-2-1-3-5-11)6-7-16(17)25(19)10-14(20(13)26)22(27)28/h1-8,10,15H,9H2,(H,27,28). The zero-order chi connectivity index (χ0) is 20.3. The summed E-state index contributed by atoms with van der Waals surface area (Å²) in [6.45, 7) is 0. The fourth-order valence-corrected chi connectivity index (χ4v) is 3.78. The number of hydrogen-bond acceptors (Lipinski definition) is 3. The zero-order valence-corrected chi connectivity index (χ0v) is 14.9. The molecule has 1 unspecified atom stereocenters. The number of hydrogen-bond donors (Lipinski definition) is 1. The van der Waals surface area contributed by atoms with Crippen LogP contribution in [-0.2, 0) is 6.42 Å². The van der Waals surface area contributed by atoms with Crippen molar-refractivity contribution in [3.8, 4) is 22.6 Å². The topological polar surface area (TPSA) is 68.5 Å². The minimum Gasteiger partial charge on any atom is -0.477 e. The largest absolute Gasteiger partial charge is 0.477 e. The van der Waals surface area contributed by atoms with E-state index in [9.17, 15) is 23.5 Å². The number of rotatable bonds is 2. The van der Waals surface area contributed by atoms with Crippen LogP contribution in [0.15, 0.2) is 65.3 Å². The lowest BCUT2D eigenvalue weighted by Crippen LogP contribution is -2.33. The summed E-state index contributed by atoms with van der Waals surface area (Å²) >= 11 is 0. The number of ether oxygens (including phenoxy) is 1. The third kappa shape index (κ3) is 2.51. The van der Waals surface area contributed by atoms with Gasteiger partial charge < -0.3 is 14.4 Å². The van der Waals surface area contributed by atoms with Crippen LogP contribution in [0.2, 0.25) is 0 Å². The van der Waals surface area contributed by atoms with E-state index >= 15 is 0 Å². The number of carboxylic acid groups (broad SMARTS) is 1. The van der Waals surface area contributed by atoms with E-state index in [0.717, 1.165) is 17.3 Å². The van der Waals surface area contributed by atoms with Gasteiger partial charge in [-0.1, -0.05) is 36.4 Å². The van der Waals surface area contributed by atoms with Crippen molar-refractivity contribution in [2.24, 2.45) is 0 Å². The highest BCUT2D eigenvalue weighted by atomic mass is 19.2. The van der Waals surface area contributed by atoms with Gasteiger partial charge in [0, 0.05) is 18.2 Å². The lowest BCUT2D eigenvalue weighted by Gasteiger charge is -2.31. The number of pyridine rings is 1. The molecule has 1 N–H and O–H groups in total. The summed E-state index contributed by atoms with van der Waals surface area (Å²) in [7, 11) is 0. The normalized spacial score (nSPS) is 16.7. The average molecular weight is 393 g/mol. The van der Waals surface area contributed by atoms with E-state index in [-0.39, 0.29) is 22.8 Å². The van der Waals surface area contributed by atoms with Gasteiger partial charge in [-0.25, -0.2) is 13.6 Å². The molecule has 1 atom stereocenters. The van der Waals surface area contributed by atoms with Gasteiger partial charge in [0.05, 0.1) is 11.4 Å². The fraction of sp³-hybridized carbons (Fsp3) is 0.0909. The number of alkyl halides is 1. The van der Waals surface area contributed by atoms with Crippen molar-refractivity contribution >= 4 is 11.7 Å². The number of nitrogens with zero attached hydrogens (tertiary/aromatic N) is 1. The first-order valence-corrected chi connectivity index (χ1v) is 8.89. The van der Waals surface area contributed by atoms with Gasteiger partial charge in [-0.05, 0) is 23.3 Å². The molecule has 0 radical (unpaired) electrons. The van der Waals surface area contributed by atoms with Gasteiger partial charge in [-0.2, -0.15) is 0 Å². The highest BCUT2D eigenvalue weighted by molar-refractivity contribution is 5.89. The molecule has 7 heteroatoms. The molecule has 3 aromatic rings. The summed E-state index contributed by atoms with van der Waals surface area (Å²) in [5.41, 5.74) is 0.760. The van der Waals surface area contributed by atoms with Crippen molar-refractivity contribution in [3.63, 3.8) is 0 Å². The number of fused-ring (bicyclic) bond motifs is 2. The maximum Gasteiger partial charge on any atom is 0.341 e. The van der Waals surface area contributed by atoms with Gasteiger partial charge in [0.1, 0.15) is 5.56 Å². The van der Waals surface area contributed by atoms with Crippen molar-refractivity contribution < 1.29 is 23.4 Å². The van der Waals surface area contributed by atoms with E-state index < -0.39 is 35.4 Å². The highest BCUT2D eigenvalue weighted by Crippen LogP contribution is 2.43. The minimum atomic E-state index is -2.07. The van der Waals surface area contributed by atoms with Crippen LogP contribution in [-0.4, -0.2) is 21.8 Å². The van der Waals surface area contributed by atoms with Crippen LogP contribution < -0.4 is 10.2 Å². The highest BCUT2D eigenvalue weighted by Gasteiger charge is 2.38. The van der Waals surface area contributed by atoms with Crippen molar-refractivity contribution in [2.75, 3.05) is 0 Å². The summed E-state index contributed by atoms with van der Waals surface area (Å²) in [5, 5.41) is 9.41. The van der Waals surface area contributed by atoms with Crippen LogP contribution in [0.25, 0.3) is 22.6 Å². The van der Waals surface area contributed by atoms with Gasteiger partial charge in [0.15, 0.2) is 28.9 Å². The Kier molecular flexibility index (Phi) is 3.67. The molecule has 2 heterocycles. The van der Waals surface area contributed by atoms with E-state index in [0.29, 0.717) is 5.69 Å². The lowest BCUT2D eigenvalue weighted by molar-refractivity contribution is 0.0694. The molecule has 2 aromatic carbocycles. The fourth-order valence-electron chi connectivity index (χ4n) is 3.78. The molecule has 29 heavy (non-hydrogen) atoms. The second-order valence-corrected chi connectivity index (χ2v) is 6.87. The van der Waals surface area contributed by atoms with Crippen LogP contribution in [0.3, 0.4) is 0 Å². The Hall–Kier alpha value is -3.74. The molecular formula is C22H13F2NO4. The molecule has 1 aliphatic heterocycles. The first kappa shape index (κ1) is 17.4. The molecule has 1 aliphatic carbocycles. The zero-order valence-electron chi connectivity index (χ0n) is 14.9. The summed E-state index contributed by atoms with van der Waals surface area (Å²) in [6, 6.07) is 14.6. The van der Waals surface area contributed by atoms with E-state index in [1.165, 1.54) is 4.57 Å². The number of aromatic carboxylic acids is 1.